The van der Waals surface area contributed by atoms with Crippen LogP contribution in [0.4, 0.5) is 5.69 Å². The highest BCUT2D eigenvalue weighted by atomic mass is 16.7. The Kier molecular flexibility index (Phi) is 6.47. The second-order valence-corrected chi connectivity index (χ2v) is 7.57. The number of methoxy groups -OCH3 is 1. The van der Waals surface area contributed by atoms with Gasteiger partial charge in [-0.05, 0) is 49.1 Å². The largest absolute Gasteiger partial charge is 0.497 e. The van der Waals surface area contributed by atoms with Gasteiger partial charge in [-0.15, -0.1) is 0 Å². The standard InChI is InChI=1S/C23H30N4O3/c1-3-24-23(25-13-17-7-8-21-22(11-17)30-16-29-21)26-14-18-9-10-27(15-18)19-5-4-6-20(12-19)28-2/h4-8,11-12,18H,3,9-10,13-16H2,1-2H3,(H2,24,25,26). The molecule has 0 aromatic heterocycles. The van der Waals surface area contributed by atoms with Crippen molar-refractivity contribution in [2.75, 3.05) is 45.0 Å². The molecule has 30 heavy (non-hydrogen) atoms. The van der Waals surface area contributed by atoms with Crippen LogP contribution in [0, 0.1) is 5.92 Å². The zero-order valence-corrected chi connectivity index (χ0v) is 17.7. The summed E-state index contributed by atoms with van der Waals surface area (Å²) in [6.45, 7) is 6.78. The average molecular weight is 411 g/mol. The van der Waals surface area contributed by atoms with Gasteiger partial charge in [-0.25, -0.2) is 4.99 Å². The van der Waals surface area contributed by atoms with Crippen molar-refractivity contribution in [3.63, 3.8) is 0 Å². The number of nitrogens with one attached hydrogen (secondary N) is 2. The maximum Gasteiger partial charge on any atom is 0.231 e. The van der Waals surface area contributed by atoms with Crippen LogP contribution in [0.2, 0.25) is 0 Å². The minimum Gasteiger partial charge on any atom is -0.497 e. The summed E-state index contributed by atoms with van der Waals surface area (Å²) in [5.41, 5.74) is 2.32. The summed E-state index contributed by atoms with van der Waals surface area (Å²) in [6.07, 6.45) is 1.16. The number of guanidine groups is 1. The third kappa shape index (κ3) is 4.90. The number of fused-ring (bicyclic) bond motifs is 1. The lowest BCUT2D eigenvalue weighted by Crippen LogP contribution is -2.40. The predicted octanol–water partition coefficient (Wildman–Crippen LogP) is 3.01. The molecule has 2 heterocycles. The summed E-state index contributed by atoms with van der Waals surface area (Å²) < 4.78 is 16.2. The molecular formula is C23H30N4O3. The Labute approximate surface area is 178 Å². The fraction of sp³-hybridized carbons (Fsp3) is 0.435. The van der Waals surface area contributed by atoms with Gasteiger partial charge in [0.2, 0.25) is 6.79 Å². The first-order chi connectivity index (χ1) is 14.7. The van der Waals surface area contributed by atoms with Crippen molar-refractivity contribution in [1.82, 2.24) is 10.6 Å². The van der Waals surface area contributed by atoms with E-state index in [2.05, 4.69) is 34.6 Å². The van der Waals surface area contributed by atoms with Crippen LogP contribution in [0.5, 0.6) is 17.2 Å². The maximum atomic E-state index is 5.46. The Morgan fingerprint density at radius 1 is 1.17 bits per heavy atom. The molecular weight excluding hydrogens is 380 g/mol. The van der Waals surface area contributed by atoms with E-state index in [-0.39, 0.29) is 0 Å². The molecule has 2 aromatic carbocycles. The molecule has 0 amide bonds. The summed E-state index contributed by atoms with van der Waals surface area (Å²) >= 11 is 0. The highest BCUT2D eigenvalue weighted by Crippen LogP contribution is 2.32. The van der Waals surface area contributed by atoms with Crippen LogP contribution in [0.3, 0.4) is 0 Å². The Balaban J connectivity index is 1.31. The fourth-order valence-electron chi connectivity index (χ4n) is 3.83. The molecule has 0 aliphatic carbocycles. The first kappa shape index (κ1) is 20.2. The zero-order valence-electron chi connectivity index (χ0n) is 17.7. The number of benzene rings is 2. The summed E-state index contributed by atoms with van der Waals surface area (Å²) in [6, 6.07) is 14.3. The van der Waals surface area contributed by atoms with Crippen molar-refractivity contribution in [2.24, 2.45) is 10.9 Å². The topological polar surface area (TPSA) is 67.4 Å². The molecule has 0 spiro atoms. The van der Waals surface area contributed by atoms with Gasteiger partial charge in [0.25, 0.3) is 0 Å². The van der Waals surface area contributed by atoms with Gasteiger partial charge in [-0.3, -0.25) is 0 Å². The summed E-state index contributed by atoms with van der Waals surface area (Å²) in [5.74, 6) is 3.92. The second-order valence-electron chi connectivity index (χ2n) is 7.57. The molecule has 1 saturated heterocycles. The van der Waals surface area contributed by atoms with Gasteiger partial charge in [-0.2, -0.15) is 0 Å². The van der Waals surface area contributed by atoms with Gasteiger partial charge in [0.05, 0.1) is 13.7 Å². The van der Waals surface area contributed by atoms with Crippen LogP contribution in [-0.4, -0.2) is 46.0 Å². The van der Waals surface area contributed by atoms with Crippen LogP contribution < -0.4 is 29.7 Å². The molecule has 1 atom stereocenters. The van der Waals surface area contributed by atoms with E-state index in [0.29, 0.717) is 19.3 Å². The van der Waals surface area contributed by atoms with Gasteiger partial charge in [0.1, 0.15) is 5.75 Å². The second kappa shape index (κ2) is 9.61. The zero-order chi connectivity index (χ0) is 20.8. The van der Waals surface area contributed by atoms with Gasteiger partial charge in [-0.1, -0.05) is 12.1 Å². The lowest BCUT2D eigenvalue weighted by Gasteiger charge is -2.20. The summed E-state index contributed by atoms with van der Waals surface area (Å²) in [4.78, 5) is 7.16. The number of nitrogens with zero attached hydrogens (tertiary/aromatic N) is 2. The van der Waals surface area contributed by atoms with Gasteiger partial charge < -0.3 is 29.7 Å². The number of ether oxygens (including phenoxy) is 3. The Morgan fingerprint density at radius 3 is 2.93 bits per heavy atom. The molecule has 1 fully saturated rings. The van der Waals surface area contributed by atoms with Crippen molar-refractivity contribution >= 4 is 11.6 Å². The first-order valence-electron chi connectivity index (χ1n) is 10.5. The minimum absolute atomic E-state index is 0.292. The number of rotatable bonds is 7. The normalized spacial score (nSPS) is 17.9. The minimum atomic E-state index is 0.292. The molecule has 1 unspecified atom stereocenters. The molecule has 2 aliphatic rings. The quantitative estimate of drug-likeness (QED) is 0.540. The highest BCUT2D eigenvalue weighted by molar-refractivity contribution is 5.79. The lowest BCUT2D eigenvalue weighted by molar-refractivity contribution is 0.174. The number of hydrogen-bond acceptors (Lipinski definition) is 5. The molecule has 160 valence electrons. The molecule has 7 nitrogen and oxygen atoms in total. The van der Waals surface area contributed by atoms with E-state index >= 15 is 0 Å². The van der Waals surface area contributed by atoms with Crippen molar-refractivity contribution in [2.45, 2.75) is 19.9 Å². The molecule has 0 saturated carbocycles. The molecule has 0 bridgehead atoms. The third-order valence-corrected chi connectivity index (χ3v) is 5.46. The van der Waals surface area contributed by atoms with Crippen molar-refractivity contribution in [3.8, 4) is 17.2 Å². The van der Waals surface area contributed by atoms with E-state index in [4.69, 9.17) is 19.2 Å². The average Bonchev–Trinajstić information content (AvgIpc) is 3.45. The van der Waals surface area contributed by atoms with Crippen LogP contribution in [-0.2, 0) is 6.54 Å². The van der Waals surface area contributed by atoms with Gasteiger partial charge >= 0.3 is 0 Å². The van der Waals surface area contributed by atoms with Crippen LogP contribution in [0.25, 0.3) is 0 Å². The third-order valence-electron chi connectivity index (χ3n) is 5.46. The Hall–Kier alpha value is -3.09. The van der Waals surface area contributed by atoms with Crippen LogP contribution in [0.1, 0.15) is 18.9 Å². The monoisotopic (exact) mass is 410 g/mol. The van der Waals surface area contributed by atoms with Crippen molar-refractivity contribution in [1.29, 1.82) is 0 Å². The first-order valence-corrected chi connectivity index (χ1v) is 10.5. The summed E-state index contributed by atoms with van der Waals surface area (Å²) in [7, 11) is 1.71. The van der Waals surface area contributed by atoms with E-state index < -0.39 is 0 Å². The molecule has 2 aliphatic heterocycles. The van der Waals surface area contributed by atoms with E-state index in [9.17, 15) is 0 Å². The molecule has 7 heteroatoms. The molecule has 0 radical (unpaired) electrons. The van der Waals surface area contributed by atoms with E-state index in [0.717, 1.165) is 61.4 Å². The molecule has 4 rings (SSSR count). The van der Waals surface area contributed by atoms with E-state index in [1.807, 2.05) is 30.3 Å². The predicted molar refractivity (Wildman–Crippen MR) is 119 cm³/mol. The van der Waals surface area contributed by atoms with Crippen LogP contribution >= 0.6 is 0 Å². The lowest BCUT2D eigenvalue weighted by atomic mass is 10.1. The number of anilines is 1. The van der Waals surface area contributed by atoms with E-state index in [1.165, 1.54) is 5.69 Å². The summed E-state index contributed by atoms with van der Waals surface area (Å²) in [5, 5.41) is 6.85. The smallest absolute Gasteiger partial charge is 0.231 e. The molecule has 2 N–H and O–H groups in total. The van der Waals surface area contributed by atoms with Gasteiger partial charge in [0, 0.05) is 37.9 Å². The maximum absolute atomic E-state index is 5.46. The highest BCUT2D eigenvalue weighted by Gasteiger charge is 2.23. The van der Waals surface area contributed by atoms with Crippen molar-refractivity contribution in [3.05, 3.63) is 48.0 Å². The fourth-order valence-corrected chi connectivity index (χ4v) is 3.83. The van der Waals surface area contributed by atoms with E-state index in [1.54, 1.807) is 7.11 Å². The molecule has 2 aromatic rings. The van der Waals surface area contributed by atoms with Crippen molar-refractivity contribution < 1.29 is 14.2 Å². The number of aliphatic imine (C=N–C) groups is 1. The Morgan fingerprint density at radius 2 is 2.07 bits per heavy atom. The van der Waals surface area contributed by atoms with Crippen LogP contribution in [0.15, 0.2) is 47.5 Å². The Bertz CT molecular complexity index is 887. The number of hydrogen-bond donors (Lipinski definition) is 2. The SMILES string of the molecule is CCNC(=NCc1ccc2c(c1)OCO2)NCC1CCN(c2cccc(OC)c2)C1. The van der Waals surface area contributed by atoms with Gasteiger partial charge in [0.15, 0.2) is 17.5 Å².